The third-order valence-corrected chi connectivity index (χ3v) is 2.87. The second-order valence-electron chi connectivity index (χ2n) is 4.61. The molecule has 0 radical (unpaired) electrons. The van der Waals surface area contributed by atoms with Gasteiger partial charge in [-0.15, -0.1) is 0 Å². The molecule has 88 valence electrons. The summed E-state index contributed by atoms with van der Waals surface area (Å²) in [7, 11) is 4.15. The summed E-state index contributed by atoms with van der Waals surface area (Å²) in [4.78, 5) is 15.8. The van der Waals surface area contributed by atoms with Crippen molar-refractivity contribution < 1.29 is 4.79 Å². The fourth-order valence-electron chi connectivity index (χ4n) is 1.98. The van der Waals surface area contributed by atoms with Crippen molar-refractivity contribution in [2.45, 2.75) is 38.9 Å². The zero-order chi connectivity index (χ0) is 11.4. The zero-order valence-corrected chi connectivity index (χ0v) is 10.3. The molecule has 1 rings (SSSR count). The maximum atomic E-state index is 11.7. The van der Waals surface area contributed by atoms with E-state index in [9.17, 15) is 4.79 Å². The minimum atomic E-state index is -0.00570. The zero-order valence-electron chi connectivity index (χ0n) is 10.3. The molecule has 1 heterocycles. The largest absolute Gasteiger partial charge is 0.326 e. The van der Waals surface area contributed by atoms with Crippen LogP contribution in [0.1, 0.15) is 26.7 Å². The van der Waals surface area contributed by atoms with Crippen LogP contribution in [-0.2, 0) is 4.79 Å². The molecule has 0 aromatic carbocycles. The van der Waals surface area contributed by atoms with Crippen molar-refractivity contribution in [3.63, 3.8) is 0 Å². The van der Waals surface area contributed by atoms with Crippen molar-refractivity contribution in [3.05, 3.63) is 0 Å². The standard InChI is InChI=1S/C11H23N3O/c1-9-11(15)14(10(2)12-9)8-6-5-7-13(3)4/h9-10,12H,5-8H2,1-4H3. The van der Waals surface area contributed by atoms with Crippen molar-refractivity contribution in [1.82, 2.24) is 15.1 Å². The van der Waals surface area contributed by atoms with Crippen molar-refractivity contribution in [2.24, 2.45) is 0 Å². The van der Waals surface area contributed by atoms with Crippen LogP contribution in [0.15, 0.2) is 0 Å². The molecule has 1 aliphatic rings. The lowest BCUT2D eigenvalue weighted by atomic mass is 10.2. The molecule has 0 aromatic rings. The van der Waals surface area contributed by atoms with E-state index >= 15 is 0 Å². The van der Waals surface area contributed by atoms with E-state index in [4.69, 9.17) is 0 Å². The van der Waals surface area contributed by atoms with Crippen LogP contribution in [0.25, 0.3) is 0 Å². The van der Waals surface area contributed by atoms with Gasteiger partial charge in [0, 0.05) is 6.54 Å². The Kier molecular flexibility index (Phi) is 4.54. The quantitative estimate of drug-likeness (QED) is 0.675. The third-order valence-electron chi connectivity index (χ3n) is 2.87. The van der Waals surface area contributed by atoms with Crippen LogP contribution in [0.5, 0.6) is 0 Å². The molecule has 0 aromatic heterocycles. The lowest BCUT2D eigenvalue weighted by molar-refractivity contribution is -0.129. The first-order valence-corrected chi connectivity index (χ1v) is 5.73. The molecule has 0 aliphatic carbocycles. The van der Waals surface area contributed by atoms with E-state index in [-0.39, 0.29) is 18.1 Å². The number of amides is 1. The molecular formula is C11H23N3O. The molecule has 2 atom stereocenters. The van der Waals surface area contributed by atoms with Gasteiger partial charge in [-0.25, -0.2) is 0 Å². The number of unbranched alkanes of at least 4 members (excludes halogenated alkanes) is 1. The van der Waals surface area contributed by atoms with Crippen molar-refractivity contribution in [3.8, 4) is 0 Å². The van der Waals surface area contributed by atoms with Gasteiger partial charge in [0.25, 0.3) is 0 Å². The first-order valence-electron chi connectivity index (χ1n) is 5.73. The van der Waals surface area contributed by atoms with Crippen LogP contribution >= 0.6 is 0 Å². The second-order valence-corrected chi connectivity index (χ2v) is 4.61. The van der Waals surface area contributed by atoms with Crippen LogP contribution in [0.2, 0.25) is 0 Å². The van der Waals surface area contributed by atoms with Gasteiger partial charge in [0.2, 0.25) is 5.91 Å². The Morgan fingerprint density at radius 3 is 2.47 bits per heavy atom. The smallest absolute Gasteiger partial charge is 0.240 e. The summed E-state index contributed by atoms with van der Waals surface area (Å²) in [5, 5.41) is 3.23. The average molecular weight is 213 g/mol. The lowest BCUT2D eigenvalue weighted by Crippen LogP contribution is -2.35. The number of carbonyl (C=O) groups is 1. The van der Waals surface area contributed by atoms with Gasteiger partial charge in [0.1, 0.15) is 0 Å². The van der Waals surface area contributed by atoms with Crippen LogP contribution in [0, 0.1) is 0 Å². The summed E-state index contributed by atoms with van der Waals surface area (Å²) in [6.45, 7) is 5.95. The van der Waals surface area contributed by atoms with Gasteiger partial charge in [-0.1, -0.05) is 0 Å². The van der Waals surface area contributed by atoms with Crippen LogP contribution in [0.4, 0.5) is 0 Å². The lowest BCUT2D eigenvalue weighted by Gasteiger charge is -2.21. The van der Waals surface area contributed by atoms with Gasteiger partial charge < -0.3 is 9.80 Å². The summed E-state index contributed by atoms with van der Waals surface area (Å²) in [6, 6.07) is -0.00570. The Morgan fingerprint density at radius 2 is 2.00 bits per heavy atom. The topological polar surface area (TPSA) is 35.6 Å². The molecule has 0 spiro atoms. The highest BCUT2D eigenvalue weighted by atomic mass is 16.2. The molecule has 0 saturated carbocycles. The molecule has 4 nitrogen and oxygen atoms in total. The SMILES string of the molecule is CC1NC(C)N(CCCCN(C)C)C1=O. The van der Waals surface area contributed by atoms with Gasteiger partial charge in [0.15, 0.2) is 0 Å². The molecule has 1 N–H and O–H groups in total. The molecule has 1 saturated heterocycles. The van der Waals surface area contributed by atoms with Crippen molar-refractivity contribution in [1.29, 1.82) is 0 Å². The maximum Gasteiger partial charge on any atom is 0.240 e. The molecule has 4 heteroatoms. The Bertz CT molecular complexity index is 218. The molecule has 1 fully saturated rings. The predicted molar refractivity (Wildman–Crippen MR) is 61.6 cm³/mol. The number of rotatable bonds is 5. The predicted octanol–water partition coefficient (Wildman–Crippen LogP) is 0.494. The van der Waals surface area contributed by atoms with E-state index in [0.717, 1.165) is 25.9 Å². The average Bonchev–Trinajstić information content (AvgIpc) is 2.37. The number of nitrogens with zero attached hydrogens (tertiary/aromatic N) is 2. The first kappa shape index (κ1) is 12.5. The number of carbonyl (C=O) groups excluding carboxylic acids is 1. The number of nitrogens with one attached hydrogen (secondary N) is 1. The van der Waals surface area contributed by atoms with E-state index in [1.54, 1.807) is 0 Å². The second kappa shape index (κ2) is 5.47. The number of hydrogen-bond donors (Lipinski definition) is 1. The van der Waals surface area contributed by atoms with Gasteiger partial charge in [-0.3, -0.25) is 10.1 Å². The van der Waals surface area contributed by atoms with E-state index in [0.29, 0.717) is 0 Å². The van der Waals surface area contributed by atoms with Gasteiger partial charge >= 0.3 is 0 Å². The Balaban J connectivity index is 2.23. The molecule has 0 bridgehead atoms. The van der Waals surface area contributed by atoms with E-state index in [2.05, 4.69) is 24.3 Å². The summed E-state index contributed by atoms with van der Waals surface area (Å²) >= 11 is 0. The van der Waals surface area contributed by atoms with Gasteiger partial charge in [-0.2, -0.15) is 0 Å². The highest BCUT2D eigenvalue weighted by molar-refractivity contribution is 5.83. The van der Waals surface area contributed by atoms with Crippen molar-refractivity contribution >= 4 is 5.91 Å². The molecule has 1 aliphatic heterocycles. The molecule has 2 unspecified atom stereocenters. The molecule has 15 heavy (non-hydrogen) atoms. The summed E-state index contributed by atoms with van der Waals surface area (Å²) < 4.78 is 0. The summed E-state index contributed by atoms with van der Waals surface area (Å²) in [6.07, 6.45) is 2.44. The van der Waals surface area contributed by atoms with E-state index in [1.807, 2.05) is 18.7 Å². The Hall–Kier alpha value is -0.610. The summed E-state index contributed by atoms with van der Waals surface area (Å²) in [5.41, 5.74) is 0. The normalized spacial score (nSPS) is 26.7. The van der Waals surface area contributed by atoms with Crippen LogP contribution in [-0.4, -0.2) is 55.1 Å². The van der Waals surface area contributed by atoms with Crippen LogP contribution < -0.4 is 5.32 Å². The first-order chi connectivity index (χ1) is 7.02. The maximum absolute atomic E-state index is 11.7. The molecule has 1 amide bonds. The van der Waals surface area contributed by atoms with Crippen molar-refractivity contribution in [2.75, 3.05) is 27.2 Å². The fraction of sp³-hybridized carbons (Fsp3) is 0.909. The minimum Gasteiger partial charge on any atom is -0.326 e. The third kappa shape index (κ3) is 3.47. The highest BCUT2D eigenvalue weighted by Gasteiger charge is 2.32. The van der Waals surface area contributed by atoms with E-state index < -0.39 is 0 Å². The number of hydrogen-bond acceptors (Lipinski definition) is 3. The van der Waals surface area contributed by atoms with Crippen LogP contribution in [0.3, 0.4) is 0 Å². The highest BCUT2D eigenvalue weighted by Crippen LogP contribution is 2.11. The molecular weight excluding hydrogens is 190 g/mol. The fourth-order valence-corrected chi connectivity index (χ4v) is 1.98. The van der Waals surface area contributed by atoms with Gasteiger partial charge in [0.05, 0.1) is 12.2 Å². The Labute approximate surface area is 92.6 Å². The van der Waals surface area contributed by atoms with E-state index in [1.165, 1.54) is 0 Å². The minimum absolute atomic E-state index is 0.00570. The Morgan fingerprint density at radius 1 is 1.33 bits per heavy atom. The van der Waals surface area contributed by atoms with Gasteiger partial charge in [-0.05, 0) is 47.3 Å². The monoisotopic (exact) mass is 213 g/mol. The summed E-state index contributed by atoms with van der Waals surface area (Å²) in [5.74, 6) is 0.243.